The van der Waals surface area contributed by atoms with Crippen LogP contribution in [0.4, 0.5) is 11.4 Å². The van der Waals surface area contributed by atoms with E-state index in [0.717, 1.165) is 0 Å². The Balaban J connectivity index is 1.92. The van der Waals surface area contributed by atoms with Gasteiger partial charge in [-0.15, -0.1) is 0 Å². The molecule has 0 radical (unpaired) electrons. The normalized spacial score (nSPS) is 19.0. The van der Waals surface area contributed by atoms with E-state index in [-0.39, 0.29) is 35.4 Å². The molecule has 2 amide bonds. The molecule has 2 aromatic rings. The molecule has 6 nitrogen and oxygen atoms in total. The molecule has 1 N–H and O–H groups in total. The quantitative estimate of drug-likeness (QED) is 0.912. The Morgan fingerprint density at radius 2 is 1.76 bits per heavy atom. The molecule has 0 aliphatic carbocycles. The van der Waals surface area contributed by atoms with Crippen molar-refractivity contribution in [2.45, 2.75) is 23.5 Å². The first-order chi connectivity index (χ1) is 11.9. The van der Waals surface area contributed by atoms with E-state index in [4.69, 9.17) is 0 Å². The Morgan fingerprint density at radius 1 is 1.12 bits per heavy atom. The summed E-state index contributed by atoms with van der Waals surface area (Å²) in [6, 6.07) is 15.2. The van der Waals surface area contributed by atoms with Gasteiger partial charge < -0.3 is 10.2 Å². The van der Waals surface area contributed by atoms with E-state index in [0.29, 0.717) is 5.69 Å². The Kier molecular flexibility index (Phi) is 4.59. The minimum Gasteiger partial charge on any atom is -0.325 e. The molecule has 1 aliphatic rings. The van der Waals surface area contributed by atoms with Crippen molar-refractivity contribution in [3.05, 3.63) is 54.6 Å². The van der Waals surface area contributed by atoms with Gasteiger partial charge in [-0.05, 0) is 31.2 Å². The Hall–Kier alpha value is -2.67. The molecule has 25 heavy (non-hydrogen) atoms. The highest BCUT2D eigenvalue weighted by Crippen LogP contribution is 2.33. The molecule has 0 saturated carbocycles. The molecule has 0 spiro atoms. The average Bonchev–Trinajstić information content (AvgIpc) is 2.66. The van der Waals surface area contributed by atoms with E-state index in [1.165, 1.54) is 17.9 Å². The van der Waals surface area contributed by atoms with Crippen LogP contribution in [-0.2, 0) is 19.4 Å². The SMILES string of the molecule is CC1CC(=O)N(CC(=O)Nc2ccccc2)c2ccccc2S1(=O)=O. The van der Waals surface area contributed by atoms with Crippen molar-refractivity contribution in [2.24, 2.45) is 0 Å². The molecule has 0 bridgehead atoms. The number of hydrogen-bond donors (Lipinski definition) is 1. The summed E-state index contributed by atoms with van der Waals surface area (Å²) in [5.74, 6) is -0.773. The summed E-state index contributed by atoms with van der Waals surface area (Å²) < 4.78 is 25.2. The average molecular weight is 358 g/mol. The Labute approximate surface area is 146 Å². The van der Waals surface area contributed by atoms with Gasteiger partial charge in [-0.2, -0.15) is 0 Å². The zero-order valence-electron chi connectivity index (χ0n) is 13.7. The van der Waals surface area contributed by atoms with Crippen molar-refractivity contribution in [3.8, 4) is 0 Å². The third kappa shape index (κ3) is 3.41. The highest BCUT2D eigenvalue weighted by Gasteiger charge is 2.36. The van der Waals surface area contributed by atoms with Crippen molar-refractivity contribution >= 4 is 33.0 Å². The van der Waals surface area contributed by atoms with Crippen molar-refractivity contribution in [1.29, 1.82) is 0 Å². The number of nitrogens with one attached hydrogen (secondary N) is 1. The van der Waals surface area contributed by atoms with Crippen LogP contribution in [-0.4, -0.2) is 32.0 Å². The number of hydrogen-bond acceptors (Lipinski definition) is 4. The number of benzene rings is 2. The largest absolute Gasteiger partial charge is 0.325 e. The van der Waals surface area contributed by atoms with Crippen LogP contribution < -0.4 is 10.2 Å². The number of para-hydroxylation sites is 2. The highest BCUT2D eigenvalue weighted by atomic mass is 32.2. The zero-order chi connectivity index (χ0) is 18.0. The summed E-state index contributed by atoms with van der Waals surface area (Å²) >= 11 is 0. The minimum atomic E-state index is -3.61. The van der Waals surface area contributed by atoms with Gasteiger partial charge in [0, 0.05) is 12.1 Å². The monoisotopic (exact) mass is 358 g/mol. The van der Waals surface area contributed by atoms with Crippen molar-refractivity contribution in [2.75, 3.05) is 16.8 Å². The van der Waals surface area contributed by atoms with E-state index >= 15 is 0 Å². The fourth-order valence-electron chi connectivity index (χ4n) is 2.78. The smallest absolute Gasteiger partial charge is 0.244 e. The molecular formula is C18H18N2O4S. The second kappa shape index (κ2) is 6.68. The summed E-state index contributed by atoms with van der Waals surface area (Å²) in [5, 5.41) is 1.88. The molecule has 0 saturated heterocycles. The van der Waals surface area contributed by atoms with Crippen molar-refractivity contribution < 1.29 is 18.0 Å². The van der Waals surface area contributed by atoms with Crippen LogP contribution in [0.1, 0.15) is 13.3 Å². The summed E-state index contributed by atoms with van der Waals surface area (Å²) in [5.41, 5.74) is 0.865. The van der Waals surface area contributed by atoms with Crippen LogP contribution in [0.3, 0.4) is 0 Å². The second-order valence-corrected chi connectivity index (χ2v) is 8.26. The first-order valence-electron chi connectivity index (χ1n) is 7.88. The zero-order valence-corrected chi connectivity index (χ0v) is 14.5. The van der Waals surface area contributed by atoms with Crippen LogP contribution in [0.5, 0.6) is 0 Å². The van der Waals surface area contributed by atoms with Gasteiger partial charge >= 0.3 is 0 Å². The van der Waals surface area contributed by atoms with Gasteiger partial charge in [-0.1, -0.05) is 30.3 Å². The van der Waals surface area contributed by atoms with Gasteiger partial charge in [-0.3, -0.25) is 9.59 Å². The third-order valence-corrected chi connectivity index (χ3v) is 6.30. The summed E-state index contributed by atoms with van der Waals surface area (Å²) in [7, 11) is -3.61. The van der Waals surface area contributed by atoms with Gasteiger partial charge in [-0.25, -0.2) is 8.42 Å². The molecule has 0 aromatic heterocycles. The molecule has 130 valence electrons. The second-order valence-electron chi connectivity index (χ2n) is 5.92. The van der Waals surface area contributed by atoms with Crippen molar-refractivity contribution in [1.82, 2.24) is 0 Å². The standard InChI is InChI=1S/C18H18N2O4S/c1-13-11-18(22)20(12-17(21)19-14-7-3-2-4-8-14)15-9-5-6-10-16(15)25(13,23)24/h2-10,13H,11-12H2,1H3,(H,19,21). The van der Waals surface area contributed by atoms with Crippen LogP contribution in [0.25, 0.3) is 0 Å². The lowest BCUT2D eigenvalue weighted by molar-refractivity contribution is -0.121. The number of sulfone groups is 1. The van der Waals surface area contributed by atoms with Crippen LogP contribution in [0, 0.1) is 0 Å². The summed E-state index contributed by atoms with van der Waals surface area (Å²) in [6.07, 6.45) is -0.157. The maximum Gasteiger partial charge on any atom is 0.244 e. The lowest BCUT2D eigenvalue weighted by Crippen LogP contribution is -2.38. The number of fused-ring (bicyclic) bond motifs is 1. The van der Waals surface area contributed by atoms with Crippen LogP contribution in [0.15, 0.2) is 59.5 Å². The lowest BCUT2D eigenvalue weighted by atomic mass is 10.2. The number of carbonyl (C=O) groups excluding carboxylic acids is 2. The molecule has 1 unspecified atom stereocenters. The van der Waals surface area contributed by atoms with Gasteiger partial charge in [0.05, 0.1) is 15.8 Å². The van der Waals surface area contributed by atoms with Gasteiger partial charge in [0.15, 0.2) is 9.84 Å². The van der Waals surface area contributed by atoms with Gasteiger partial charge in [0.25, 0.3) is 0 Å². The van der Waals surface area contributed by atoms with E-state index in [9.17, 15) is 18.0 Å². The fourth-order valence-corrected chi connectivity index (χ4v) is 4.31. The van der Waals surface area contributed by atoms with E-state index in [1.54, 1.807) is 42.5 Å². The predicted octanol–water partition coefficient (Wildman–Crippen LogP) is 2.22. The number of amides is 2. The maximum atomic E-state index is 12.6. The van der Waals surface area contributed by atoms with E-state index < -0.39 is 15.1 Å². The highest BCUT2D eigenvalue weighted by molar-refractivity contribution is 7.92. The minimum absolute atomic E-state index is 0.0841. The summed E-state index contributed by atoms with van der Waals surface area (Å²) in [4.78, 5) is 26.2. The number of anilines is 2. The molecule has 2 aromatic carbocycles. The molecule has 1 heterocycles. The maximum absolute atomic E-state index is 12.6. The van der Waals surface area contributed by atoms with Crippen molar-refractivity contribution in [3.63, 3.8) is 0 Å². The topological polar surface area (TPSA) is 83.6 Å². The van der Waals surface area contributed by atoms with E-state index in [1.807, 2.05) is 6.07 Å². The van der Waals surface area contributed by atoms with Gasteiger partial charge in [0.1, 0.15) is 6.54 Å². The van der Waals surface area contributed by atoms with Crippen LogP contribution >= 0.6 is 0 Å². The Bertz CT molecular complexity index is 910. The molecule has 3 rings (SSSR count). The summed E-state index contributed by atoms with van der Waals surface area (Å²) in [6.45, 7) is 1.27. The number of rotatable bonds is 3. The molecule has 0 fully saturated rings. The molecule has 1 atom stereocenters. The lowest BCUT2D eigenvalue weighted by Gasteiger charge is -2.21. The van der Waals surface area contributed by atoms with Gasteiger partial charge in [0.2, 0.25) is 11.8 Å². The molecule has 1 aliphatic heterocycles. The number of carbonyl (C=O) groups is 2. The predicted molar refractivity (Wildman–Crippen MR) is 95.1 cm³/mol. The molecular weight excluding hydrogens is 340 g/mol. The fraction of sp³-hybridized carbons (Fsp3) is 0.222. The third-order valence-electron chi connectivity index (χ3n) is 4.11. The van der Waals surface area contributed by atoms with Crippen LogP contribution in [0.2, 0.25) is 0 Å². The Morgan fingerprint density at radius 3 is 2.48 bits per heavy atom. The first kappa shape index (κ1) is 17.2. The van der Waals surface area contributed by atoms with E-state index in [2.05, 4.69) is 5.32 Å². The molecule has 7 heteroatoms. The first-order valence-corrected chi connectivity index (χ1v) is 9.42. The number of nitrogens with zero attached hydrogens (tertiary/aromatic N) is 1.